The lowest BCUT2D eigenvalue weighted by atomic mass is 10.0. The van der Waals surface area contributed by atoms with Gasteiger partial charge in [-0.05, 0) is 24.1 Å². The minimum absolute atomic E-state index is 0.0629. The molecule has 2 atom stereocenters. The number of carboxylic acid groups (broad SMARTS) is 1. The van der Waals surface area contributed by atoms with Gasteiger partial charge in [-0.15, -0.1) is 0 Å². The Kier molecular flexibility index (Phi) is 4.27. The molecule has 1 aliphatic rings. The number of fused-ring (bicyclic) bond motifs is 1. The molecule has 1 aromatic rings. The number of carbonyl (C=O) groups is 1. The molecular weight excluding hydrogens is 248 g/mol. The maximum atomic E-state index is 10.5. The highest BCUT2D eigenvalue weighted by Gasteiger charge is 2.17. The van der Waals surface area contributed by atoms with Crippen molar-refractivity contribution in [1.82, 2.24) is 0 Å². The highest BCUT2D eigenvalue weighted by atomic mass is 16.5. The summed E-state index contributed by atoms with van der Waals surface area (Å²) < 4.78 is 11.2. The summed E-state index contributed by atoms with van der Waals surface area (Å²) in [6.07, 6.45) is -0.677. The summed E-state index contributed by atoms with van der Waals surface area (Å²) in [7, 11) is 0. The molecule has 0 radical (unpaired) electrons. The molecule has 2 unspecified atom stereocenters. The van der Waals surface area contributed by atoms with E-state index in [0.717, 1.165) is 0 Å². The molecule has 0 aromatic heterocycles. The van der Waals surface area contributed by atoms with E-state index >= 15 is 0 Å². The Bertz CT molecular complexity index is 457. The van der Waals surface area contributed by atoms with Crippen molar-refractivity contribution < 1.29 is 24.5 Å². The summed E-state index contributed by atoms with van der Waals surface area (Å²) in [6.45, 7) is 3.21. The molecule has 0 saturated heterocycles. The standard InChI is InChI=1S/C14H18O5/c1-9-7-18-12-4-2-10(6-13(12)19-8-9)11(15)3-5-14(16)17/h2,4,6,9,11,15H,3,5,7-8H2,1H3,(H,16,17). The van der Waals surface area contributed by atoms with Crippen LogP contribution in [-0.2, 0) is 4.79 Å². The van der Waals surface area contributed by atoms with Crippen LogP contribution in [0.15, 0.2) is 18.2 Å². The monoisotopic (exact) mass is 266 g/mol. The zero-order valence-corrected chi connectivity index (χ0v) is 10.8. The van der Waals surface area contributed by atoms with E-state index in [2.05, 4.69) is 0 Å². The van der Waals surface area contributed by atoms with Crippen LogP contribution in [0.4, 0.5) is 0 Å². The van der Waals surface area contributed by atoms with Crippen LogP contribution in [0.3, 0.4) is 0 Å². The molecule has 2 N–H and O–H groups in total. The molecule has 104 valence electrons. The summed E-state index contributed by atoms with van der Waals surface area (Å²) in [4.78, 5) is 10.5. The summed E-state index contributed by atoms with van der Waals surface area (Å²) in [6, 6.07) is 5.22. The molecule has 5 nitrogen and oxygen atoms in total. The Morgan fingerprint density at radius 2 is 2.05 bits per heavy atom. The fraction of sp³-hybridized carbons (Fsp3) is 0.500. The Hall–Kier alpha value is -1.75. The van der Waals surface area contributed by atoms with E-state index in [9.17, 15) is 9.90 Å². The van der Waals surface area contributed by atoms with Crippen molar-refractivity contribution in [3.63, 3.8) is 0 Å². The summed E-state index contributed by atoms with van der Waals surface area (Å²) >= 11 is 0. The van der Waals surface area contributed by atoms with Gasteiger partial charge < -0.3 is 19.7 Å². The van der Waals surface area contributed by atoms with E-state index in [4.69, 9.17) is 14.6 Å². The first-order valence-electron chi connectivity index (χ1n) is 6.35. The molecule has 1 heterocycles. The van der Waals surface area contributed by atoms with Gasteiger partial charge in [0.25, 0.3) is 0 Å². The molecule has 1 aromatic carbocycles. The molecule has 0 bridgehead atoms. The third-order valence-corrected chi connectivity index (χ3v) is 3.03. The number of aliphatic carboxylic acids is 1. The Balaban J connectivity index is 2.10. The lowest BCUT2D eigenvalue weighted by Gasteiger charge is -2.13. The van der Waals surface area contributed by atoms with Crippen molar-refractivity contribution >= 4 is 5.97 Å². The van der Waals surface area contributed by atoms with E-state index in [1.807, 2.05) is 6.92 Å². The van der Waals surface area contributed by atoms with Crippen LogP contribution in [0.1, 0.15) is 31.4 Å². The van der Waals surface area contributed by atoms with Gasteiger partial charge in [0, 0.05) is 12.3 Å². The van der Waals surface area contributed by atoms with Gasteiger partial charge in [-0.1, -0.05) is 13.0 Å². The molecular formula is C14H18O5. The summed E-state index contributed by atoms with van der Waals surface area (Å²) in [5.41, 5.74) is 0.651. The van der Waals surface area contributed by atoms with E-state index in [1.165, 1.54) is 0 Å². The predicted octanol–water partition coefficient (Wildman–Crippen LogP) is 1.99. The van der Waals surface area contributed by atoms with Gasteiger partial charge in [-0.25, -0.2) is 0 Å². The Labute approximate surface area is 111 Å². The van der Waals surface area contributed by atoms with Crippen molar-refractivity contribution in [3.8, 4) is 11.5 Å². The zero-order valence-electron chi connectivity index (χ0n) is 10.8. The molecule has 2 rings (SSSR count). The maximum Gasteiger partial charge on any atom is 0.303 e. The molecule has 0 amide bonds. The first-order valence-corrected chi connectivity index (χ1v) is 6.35. The summed E-state index contributed by atoms with van der Waals surface area (Å²) in [5.74, 6) is 0.671. The highest BCUT2D eigenvalue weighted by Crippen LogP contribution is 2.33. The molecule has 0 aliphatic carbocycles. The van der Waals surface area contributed by atoms with Crippen LogP contribution in [0, 0.1) is 5.92 Å². The largest absolute Gasteiger partial charge is 0.489 e. The van der Waals surface area contributed by atoms with Crippen LogP contribution in [0.2, 0.25) is 0 Å². The van der Waals surface area contributed by atoms with Gasteiger partial charge in [0.1, 0.15) is 0 Å². The van der Waals surface area contributed by atoms with Gasteiger partial charge in [-0.2, -0.15) is 0 Å². The van der Waals surface area contributed by atoms with E-state index < -0.39 is 12.1 Å². The third-order valence-electron chi connectivity index (χ3n) is 3.03. The van der Waals surface area contributed by atoms with Crippen LogP contribution in [0.5, 0.6) is 11.5 Å². The average molecular weight is 266 g/mol. The highest BCUT2D eigenvalue weighted by molar-refractivity contribution is 5.66. The van der Waals surface area contributed by atoms with Crippen molar-refractivity contribution in [2.45, 2.75) is 25.9 Å². The number of hydrogen-bond donors (Lipinski definition) is 2. The van der Waals surface area contributed by atoms with Crippen molar-refractivity contribution in [1.29, 1.82) is 0 Å². The lowest BCUT2D eigenvalue weighted by Crippen LogP contribution is -2.12. The second-order valence-corrected chi connectivity index (χ2v) is 4.88. The molecule has 0 fully saturated rings. The normalized spacial score (nSPS) is 19.6. The first-order chi connectivity index (χ1) is 9.06. The smallest absolute Gasteiger partial charge is 0.303 e. The fourth-order valence-corrected chi connectivity index (χ4v) is 1.90. The van der Waals surface area contributed by atoms with Crippen molar-refractivity contribution in [3.05, 3.63) is 23.8 Å². The van der Waals surface area contributed by atoms with Crippen molar-refractivity contribution in [2.24, 2.45) is 5.92 Å². The van der Waals surface area contributed by atoms with Gasteiger partial charge in [0.2, 0.25) is 0 Å². The number of ether oxygens (including phenoxy) is 2. The summed E-state index contributed by atoms with van der Waals surface area (Å²) in [5, 5.41) is 18.5. The topological polar surface area (TPSA) is 76.0 Å². The van der Waals surface area contributed by atoms with Crippen molar-refractivity contribution in [2.75, 3.05) is 13.2 Å². The number of aliphatic hydroxyl groups is 1. The average Bonchev–Trinajstić information content (AvgIpc) is 2.58. The number of aliphatic hydroxyl groups excluding tert-OH is 1. The van der Waals surface area contributed by atoms with Gasteiger partial charge >= 0.3 is 5.97 Å². The van der Waals surface area contributed by atoms with Gasteiger partial charge in [-0.3, -0.25) is 4.79 Å². The third kappa shape index (κ3) is 3.61. The Morgan fingerprint density at radius 1 is 1.37 bits per heavy atom. The van der Waals surface area contributed by atoms with Gasteiger partial charge in [0.05, 0.1) is 19.3 Å². The van der Waals surface area contributed by atoms with E-state index in [-0.39, 0.29) is 12.8 Å². The first kappa shape index (κ1) is 13.7. The molecule has 19 heavy (non-hydrogen) atoms. The minimum Gasteiger partial charge on any atom is -0.489 e. The number of rotatable bonds is 4. The van der Waals surface area contributed by atoms with Crippen LogP contribution in [-0.4, -0.2) is 29.4 Å². The predicted molar refractivity (Wildman–Crippen MR) is 68.4 cm³/mol. The lowest BCUT2D eigenvalue weighted by molar-refractivity contribution is -0.137. The SMILES string of the molecule is CC1COc2ccc(C(O)CCC(=O)O)cc2OC1. The quantitative estimate of drug-likeness (QED) is 0.871. The molecule has 5 heteroatoms. The van der Waals surface area contributed by atoms with Crippen LogP contribution < -0.4 is 9.47 Å². The molecule has 1 aliphatic heterocycles. The second kappa shape index (κ2) is 5.93. The fourth-order valence-electron chi connectivity index (χ4n) is 1.90. The maximum absolute atomic E-state index is 10.5. The van der Waals surface area contributed by atoms with Crippen LogP contribution >= 0.6 is 0 Å². The van der Waals surface area contributed by atoms with Crippen LogP contribution in [0.25, 0.3) is 0 Å². The number of benzene rings is 1. The second-order valence-electron chi connectivity index (χ2n) is 4.88. The minimum atomic E-state index is -0.915. The number of hydrogen-bond acceptors (Lipinski definition) is 4. The molecule has 0 spiro atoms. The number of carboxylic acids is 1. The zero-order chi connectivity index (χ0) is 13.8. The van der Waals surface area contributed by atoms with E-state index in [0.29, 0.717) is 36.2 Å². The van der Waals surface area contributed by atoms with E-state index in [1.54, 1.807) is 18.2 Å². The Morgan fingerprint density at radius 3 is 2.74 bits per heavy atom. The molecule has 0 saturated carbocycles. The van der Waals surface area contributed by atoms with Gasteiger partial charge in [0.15, 0.2) is 11.5 Å².